The maximum Gasteiger partial charge on any atom is 0.510 e. The van der Waals surface area contributed by atoms with Crippen LogP contribution >= 0.6 is 0 Å². The minimum Gasteiger partial charge on any atom is -0.477 e. The summed E-state index contributed by atoms with van der Waals surface area (Å²) in [4.78, 5) is 49.6. The van der Waals surface area contributed by atoms with Crippen LogP contribution in [0, 0.1) is 10.8 Å². The second-order valence-electron chi connectivity index (χ2n) is 10.6. The summed E-state index contributed by atoms with van der Waals surface area (Å²) >= 11 is 0. The number of hydrogen-bond donors (Lipinski definition) is 2. The number of ether oxygens (including phenoxy) is 4. The predicted molar refractivity (Wildman–Crippen MR) is 132 cm³/mol. The molecule has 0 aliphatic carbocycles. The number of carbonyl (C=O) groups is 4. The van der Waals surface area contributed by atoms with Crippen LogP contribution in [0.5, 0.6) is 11.5 Å². The molecule has 10 heteroatoms. The van der Waals surface area contributed by atoms with Gasteiger partial charge in [0, 0.05) is 12.5 Å². The normalized spacial score (nSPS) is 14.2. The quantitative estimate of drug-likeness (QED) is 0.264. The highest BCUT2D eigenvalue weighted by atomic mass is 16.7. The number of esters is 2. The molecule has 0 radical (unpaired) electrons. The maximum atomic E-state index is 12.6. The number of carboxylic acids is 1. The molecule has 1 aromatic rings. The van der Waals surface area contributed by atoms with E-state index >= 15 is 0 Å². The van der Waals surface area contributed by atoms with Gasteiger partial charge in [-0.1, -0.05) is 13.0 Å². The molecular weight excluding hydrogens is 470 g/mol. The molecule has 0 bridgehead atoms. The predicted octanol–water partition coefficient (Wildman–Crippen LogP) is 4.47. The number of carbonyl (C=O) groups excluding carboxylic acids is 3. The lowest BCUT2D eigenvalue weighted by Crippen LogP contribution is -2.59. The lowest BCUT2D eigenvalue weighted by Gasteiger charge is -2.32. The summed E-state index contributed by atoms with van der Waals surface area (Å²) in [5, 5.41) is 12.9. The Morgan fingerprint density at radius 1 is 0.917 bits per heavy atom. The SMILES string of the molecule is CCOC(=O)O[C@](Cc1ccc(OC(=O)C(C)(C)C)c(OC(=O)C(C)(C)C)c1)(NC(C)CC)C(=O)O. The van der Waals surface area contributed by atoms with Crippen molar-refractivity contribution in [3.05, 3.63) is 23.8 Å². The third-order valence-electron chi connectivity index (χ3n) is 5.05. The summed E-state index contributed by atoms with van der Waals surface area (Å²) in [6, 6.07) is 3.97. The van der Waals surface area contributed by atoms with Crippen LogP contribution in [0.1, 0.15) is 74.3 Å². The van der Waals surface area contributed by atoms with Crippen LogP contribution in [-0.4, -0.2) is 47.5 Å². The molecule has 0 aromatic heterocycles. The zero-order valence-electron chi connectivity index (χ0n) is 22.6. The summed E-state index contributed by atoms with van der Waals surface area (Å²) < 4.78 is 21.1. The summed E-state index contributed by atoms with van der Waals surface area (Å²) in [6.45, 7) is 15.2. The smallest absolute Gasteiger partial charge is 0.477 e. The number of aliphatic carboxylic acids is 1. The Balaban J connectivity index is 3.54. The summed E-state index contributed by atoms with van der Waals surface area (Å²) in [7, 11) is 0. The molecule has 0 amide bonds. The highest BCUT2D eigenvalue weighted by Gasteiger charge is 2.45. The van der Waals surface area contributed by atoms with Crippen molar-refractivity contribution in [1.29, 1.82) is 0 Å². The third-order valence-corrected chi connectivity index (χ3v) is 5.05. The Kier molecular flexibility index (Phi) is 10.5. The first kappa shape index (κ1) is 30.9. The van der Waals surface area contributed by atoms with E-state index < -0.39 is 40.6 Å². The van der Waals surface area contributed by atoms with Gasteiger partial charge in [-0.2, -0.15) is 0 Å². The molecule has 36 heavy (non-hydrogen) atoms. The van der Waals surface area contributed by atoms with Crippen LogP contribution in [0.2, 0.25) is 0 Å². The molecule has 0 saturated heterocycles. The van der Waals surface area contributed by atoms with Gasteiger partial charge < -0.3 is 24.1 Å². The van der Waals surface area contributed by atoms with Crippen molar-refractivity contribution in [3.8, 4) is 11.5 Å². The van der Waals surface area contributed by atoms with E-state index in [2.05, 4.69) is 5.32 Å². The van der Waals surface area contributed by atoms with Crippen molar-refractivity contribution in [2.45, 2.75) is 86.9 Å². The minimum absolute atomic E-state index is 0.00138. The molecule has 0 aliphatic heterocycles. The largest absolute Gasteiger partial charge is 0.510 e. The Morgan fingerprint density at radius 3 is 1.89 bits per heavy atom. The second-order valence-corrected chi connectivity index (χ2v) is 10.6. The topological polar surface area (TPSA) is 137 Å². The molecule has 2 atom stereocenters. The zero-order valence-corrected chi connectivity index (χ0v) is 22.6. The minimum atomic E-state index is -2.17. The first-order chi connectivity index (χ1) is 16.4. The van der Waals surface area contributed by atoms with Gasteiger partial charge >= 0.3 is 24.1 Å². The van der Waals surface area contributed by atoms with Gasteiger partial charge in [0.1, 0.15) is 0 Å². The molecule has 202 valence electrons. The van der Waals surface area contributed by atoms with Gasteiger partial charge in [0.15, 0.2) is 11.5 Å². The highest BCUT2D eigenvalue weighted by molar-refractivity contribution is 5.82. The maximum absolute atomic E-state index is 12.6. The fourth-order valence-corrected chi connectivity index (χ4v) is 2.71. The Hall–Kier alpha value is -3.14. The van der Waals surface area contributed by atoms with E-state index in [1.807, 2.05) is 6.92 Å². The first-order valence-corrected chi connectivity index (χ1v) is 11.9. The van der Waals surface area contributed by atoms with Gasteiger partial charge in [-0.15, -0.1) is 0 Å². The van der Waals surface area contributed by atoms with Crippen molar-refractivity contribution in [2.24, 2.45) is 10.8 Å². The Bertz CT molecular complexity index is 959. The molecule has 1 unspecified atom stereocenters. The monoisotopic (exact) mass is 509 g/mol. The van der Waals surface area contributed by atoms with Crippen LogP contribution in [-0.2, 0) is 30.3 Å². The molecule has 1 aromatic carbocycles. The Labute approximate surface area is 212 Å². The number of nitrogens with one attached hydrogen (secondary N) is 1. The van der Waals surface area contributed by atoms with Crippen LogP contribution < -0.4 is 14.8 Å². The van der Waals surface area contributed by atoms with Gasteiger partial charge in [-0.3, -0.25) is 14.9 Å². The Morgan fingerprint density at radius 2 is 1.44 bits per heavy atom. The van der Waals surface area contributed by atoms with E-state index in [-0.39, 0.29) is 30.6 Å². The van der Waals surface area contributed by atoms with E-state index in [1.54, 1.807) is 55.4 Å². The van der Waals surface area contributed by atoms with Gasteiger partial charge in [-0.25, -0.2) is 9.59 Å². The molecule has 0 heterocycles. The first-order valence-electron chi connectivity index (χ1n) is 11.9. The van der Waals surface area contributed by atoms with Gasteiger partial charge in [-0.05, 0) is 79.5 Å². The second kappa shape index (κ2) is 12.2. The summed E-state index contributed by atoms with van der Waals surface area (Å²) in [5.74, 6) is -2.64. The molecule has 1 rings (SSSR count). The van der Waals surface area contributed by atoms with E-state index in [0.717, 1.165) is 0 Å². The van der Waals surface area contributed by atoms with E-state index in [0.29, 0.717) is 12.0 Å². The number of hydrogen-bond acceptors (Lipinski definition) is 9. The number of carboxylic acid groups (broad SMARTS) is 1. The molecule has 0 fully saturated rings. The fourth-order valence-electron chi connectivity index (χ4n) is 2.71. The number of rotatable bonds is 10. The highest BCUT2D eigenvalue weighted by Crippen LogP contribution is 2.34. The van der Waals surface area contributed by atoms with Gasteiger partial charge in [0.2, 0.25) is 0 Å². The van der Waals surface area contributed by atoms with Gasteiger partial charge in [0.05, 0.1) is 17.4 Å². The zero-order chi connectivity index (χ0) is 27.9. The summed E-state index contributed by atoms with van der Waals surface area (Å²) in [6.07, 6.45) is -0.929. The average Bonchev–Trinajstić information content (AvgIpc) is 2.73. The number of benzene rings is 1. The van der Waals surface area contributed by atoms with Gasteiger partial charge in [0.25, 0.3) is 5.72 Å². The van der Waals surface area contributed by atoms with Crippen LogP contribution in [0.25, 0.3) is 0 Å². The summed E-state index contributed by atoms with van der Waals surface area (Å²) in [5.41, 5.74) is -3.52. The van der Waals surface area contributed by atoms with Crippen LogP contribution in [0.3, 0.4) is 0 Å². The molecule has 0 aliphatic rings. The molecule has 0 spiro atoms. The van der Waals surface area contributed by atoms with Crippen molar-refractivity contribution in [2.75, 3.05) is 6.61 Å². The van der Waals surface area contributed by atoms with Crippen LogP contribution in [0.15, 0.2) is 18.2 Å². The van der Waals surface area contributed by atoms with Crippen molar-refractivity contribution in [1.82, 2.24) is 5.32 Å². The van der Waals surface area contributed by atoms with Crippen molar-refractivity contribution in [3.63, 3.8) is 0 Å². The molecule has 10 nitrogen and oxygen atoms in total. The van der Waals surface area contributed by atoms with Crippen molar-refractivity contribution < 1.29 is 43.2 Å². The van der Waals surface area contributed by atoms with E-state index in [1.165, 1.54) is 18.2 Å². The molecule has 2 N–H and O–H groups in total. The molecular formula is C26H39NO9. The lowest BCUT2D eigenvalue weighted by atomic mass is 9.97. The van der Waals surface area contributed by atoms with Crippen LogP contribution in [0.4, 0.5) is 4.79 Å². The standard InChI is InChI=1S/C26H39NO9/c1-10-16(3)27-26(20(28)29,36-23(32)33-11-2)15-17-12-13-18(34-21(30)24(4,5)6)19(14-17)35-22(31)25(7,8)9/h12-14,16,27H,10-11,15H2,1-9H3,(H,28,29)/t16?,26-/m0/s1. The molecule has 0 saturated carbocycles. The fraction of sp³-hybridized carbons (Fsp3) is 0.615. The average molecular weight is 510 g/mol. The van der Waals surface area contributed by atoms with E-state index in [9.17, 15) is 24.3 Å². The third kappa shape index (κ3) is 8.82. The lowest BCUT2D eigenvalue weighted by molar-refractivity contribution is -0.167. The van der Waals surface area contributed by atoms with Crippen molar-refractivity contribution >= 4 is 24.1 Å². The van der Waals surface area contributed by atoms with E-state index in [4.69, 9.17) is 18.9 Å².